The lowest BCUT2D eigenvalue weighted by atomic mass is 9.64. The van der Waals surface area contributed by atoms with Gasteiger partial charge in [-0.25, -0.2) is 0 Å². The fraction of sp³-hybridized carbons (Fsp3) is 1.00. The third-order valence-corrected chi connectivity index (χ3v) is 5.55. The van der Waals surface area contributed by atoms with Crippen molar-refractivity contribution in [3.8, 4) is 0 Å². The van der Waals surface area contributed by atoms with Crippen LogP contribution in [0.25, 0.3) is 0 Å². The zero-order valence-corrected chi connectivity index (χ0v) is 12.8. The van der Waals surface area contributed by atoms with Gasteiger partial charge in [-0.1, -0.05) is 33.6 Å². The van der Waals surface area contributed by atoms with E-state index >= 15 is 0 Å². The summed E-state index contributed by atoms with van der Waals surface area (Å²) in [4.78, 5) is 0. The van der Waals surface area contributed by atoms with Crippen molar-refractivity contribution in [1.82, 2.24) is 5.32 Å². The lowest BCUT2D eigenvalue weighted by Gasteiger charge is -2.49. The van der Waals surface area contributed by atoms with Crippen LogP contribution in [0.3, 0.4) is 0 Å². The summed E-state index contributed by atoms with van der Waals surface area (Å²) >= 11 is 0. The average Bonchev–Trinajstić information content (AvgIpc) is 2.17. The number of hydrogen-bond acceptors (Lipinski definition) is 3. The van der Waals surface area contributed by atoms with Crippen LogP contribution in [0.15, 0.2) is 0 Å². The molecular weight excluding hydrogens is 250 g/mol. The molecule has 0 aliphatic heterocycles. The van der Waals surface area contributed by atoms with Crippen molar-refractivity contribution in [3.63, 3.8) is 0 Å². The molecule has 0 saturated heterocycles. The Morgan fingerprint density at radius 3 is 2.28 bits per heavy atom. The molecule has 0 aromatic heterocycles. The second-order valence-electron chi connectivity index (χ2n) is 6.66. The van der Waals surface area contributed by atoms with Crippen LogP contribution in [0, 0.1) is 11.3 Å². The van der Waals surface area contributed by atoms with Crippen LogP contribution in [-0.2, 0) is 10.1 Å². The van der Waals surface area contributed by atoms with Crippen LogP contribution in [0.4, 0.5) is 0 Å². The molecular formula is C13H27NO3S. The Morgan fingerprint density at radius 1 is 1.22 bits per heavy atom. The van der Waals surface area contributed by atoms with Crippen molar-refractivity contribution in [2.45, 2.75) is 58.9 Å². The maximum Gasteiger partial charge on any atom is 0.265 e. The summed E-state index contributed by atoms with van der Waals surface area (Å²) in [7, 11) is -3.86. The van der Waals surface area contributed by atoms with Crippen LogP contribution in [0.5, 0.6) is 0 Å². The largest absolute Gasteiger partial charge is 0.311 e. The van der Waals surface area contributed by atoms with E-state index < -0.39 is 10.1 Å². The van der Waals surface area contributed by atoms with Gasteiger partial charge in [-0.05, 0) is 37.6 Å². The van der Waals surface area contributed by atoms with E-state index in [1.165, 1.54) is 19.3 Å². The summed E-state index contributed by atoms with van der Waals surface area (Å²) < 4.78 is 30.5. The van der Waals surface area contributed by atoms with E-state index in [0.29, 0.717) is 6.54 Å². The Balaban J connectivity index is 2.56. The molecule has 0 bridgehead atoms. The van der Waals surface area contributed by atoms with Gasteiger partial charge in [-0.3, -0.25) is 4.55 Å². The average molecular weight is 277 g/mol. The zero-order valence-electron chi connectivity index (χ0n) is 12.0. The predicted octanol–water partition coefficient (Wildman–Crippen LogP) is 2.46. The SMILES string of the molecule is CC(CNC1(C)CCCCC1(C)C)CS(=O)(=O)O. The first-order chi connectivity index (χ1) is 8.06. The van der Waals surface area contributed by atoms with Crippen LogP contribution < -0.4 is 5.32 Å². The Kier molecular flexibility index (Phi) is 4.84. The molecule has 18 heavy (non-hydrogen) atoms. The Bertz CT molecular complexity index is 378. The highest BCUT2D eigenvalue weighted by Gasteiger charge is 2.42. The molecule has 2 unspecified atom stereocenters. The molecule has 2 atom stereocenters. The molecule has 1 saturated carbocycles. The summed E-state index contributed by atoms with van der Waals surface area (Å²) in [5, 5.41) is 3.54. The molecule has 0 aromatic rings. The fourth-order valence-electron chi connectivity index (χ4n) is 2.81. The summed E-state index contributed by atoms with van der Waals surface area (Å²) in [6.07, 6.45) is 4.81. The molecule has 4 nitrogen and oxygen atoms in total. The van der Waals surface area contributed by atoms with Crippen LogP contribution in [0.1, 0.15) is 53.4 Å². The highest BCUT2D eigenvalue weighted by atomic mass is 32.2. The van der Waals surface area contributed by atoms with Gasteiger partial charge in [0.2, 0.25) is 0 Å². The molecule has 1 fully saturated rings. The third kappa shape index (κ3) is 4.21. The summed E-state index contributed by atoms with van der Waals surface area (Å²) in [6, 6.07) is 0. The van der Waals surface area contributed by atoms with E-state index in [4.69, 9.17) is 4.55 Å². The second-order valence-corrected chi connectivity index (χ2v) is 8.15. The zero-order chi connectivity index (χ0) is 14.0. The fourth-order valence-corrected chi connectivity index (χ4v) is 3.64. The molecule has 1 aliphatic carbocycles. The van der Waals surface area contributed by atoms with Crippen LogP contribution >= 0.6 is 0 Å². The topological polar surface area (TPSA) is 66.4 Å². The Hall–Kier alpha value is -0.130. The van der Waals surface area contributed by atoms with Crippen molar-refractivity contribution >= 4 is 10.1 Å². The maximum absolute atomic E-state index is 10.8. The molecule has 2 N–H and O–H groups in total. The van der Waals surface area contributed by atoms with Crippen molar-refractivity contribution in [2.24, 2.45) is 11.3 Å². The van der Waals surface area contributed by atoms with Gasteiger partial charge in [-0.2, -0.15) is 8.42 Å². The van der Waals surface area contributed by atoms with Gasteiger partial charge in [0.25, 0.3) is 10.1 Å². The highest BCUT2D eigenvalue weighted by Crippen LogP contribution is 2.43. The van der Waals surface area contributed by atoms with E-state index in [0.717, 1.165) is 6.42 Å². The Labute approximate surface area is 111 Å². The van der Waals surface area contributed by atoms with E-state index in [2.05, 4.69) is 26.1 Å². The predicted molar refractivity (Wildman–Crippen MR) is 74.2 cm³/mol. The molecule has 1 aliphatic rings. The van der Waals surface area contributed by atoms with Gasteiger partial charge in [-0.15, -0.1) is 0 Å². The number of nitrogens with one attached hydrogen (secondary N) is 1. The number of rotatable bonds is 5. The summed E-state index contributed by atoms with van der Waals surface area (Å²) in [6.45, 7) is 9.24. The second kappa shape index (κ2) is 5.47. The minimum absolute atomic E-state index is 0.0543. The van der Waals surface area contributed by atoms with Crippen molar-refractivity contribution in [3.05, 3.63) is 0 Å². The smallest absolute Gasteiger partial charge is 0.265 e. The molecule has 0 heterocycles. The first-order valence-electron chi connectivity index (χ1n) is 6.76. The van der Waals surface area contributed by atoms with Crippen molar-refractivity contribution < 1.29 is 13.0 Å². The minimum Gasteiger partial charge on any atom is -0.311 e. The van der Waals surface area contributed by atoms with Crippen molar-refractivity contribution in [2.75, 3.05) is 12.3 Å². The molecule has 5 heteroatoms. The summed E-state index contributed by atoms with van der Waals surface area (Å²) in [5.74, 6) is -0.245. The molecule has 0 aromatic carbocycles. The van der Waals surface area contributed by atoms with Crippen LogP contribution in [0.2, 0.25) is 0 Å². The maximum atomic E-state index is 10.8. The van der Waals surface area contributed by atoms with Gasteiger partial charge >= 0.3 is 0 Å². The minimum atomic E-state index is -3.86. The normalized spacial score (nSPS) is 30.1. The van der Waals surface area contributed by atoms with Gasteiger partial charge in [0.15, 0.2) is 0 Å². The van der Waals surface area contributed by atoms with E-state index in [9.17, 15) is 8.42 Å². The van der Waals surface area contributed by atoms with Crippen LogP contribution in [-0.4, -0.2) is 30.8 Å². The van der Waals surface area contributed by atoms with E-state index in [1.807, 2.05) is 6.92 Å². The van der Waals surface area contributed by atoms with Gasteiger partial charge in [0.05, 0.1) is 5.75 Å². The molecule has 0 amide bonds. The molecule has 0 radical (unpaired) electrons. The first-order valence-corrected chi connectivity index (χ1v) is 8.37. The molecule has 108 valence electrons. The van der Waals surface area contributed by atoms with Gasteiger partial charge < -0.3 is 5.32 Å². The molecule has 1 rings (SSSR count). The molecule has 0 spiro atoms. The Morgan fingerprint density at radius 2 is 1.78 bits per heavy atom. The lowest BCUT2D eigenvalue weighted by Crippen LogP contribution is -2.56. The lowest BCUT2D eigenvalue weighted by molar-refractivity contribution is 0.0754. The standard InChI is InChI=1S/C13H27NO3S/c1-11(10-18(15,16)17)9-14-13(4)8-6-5-7-12(13,2)3/h11,14H,5-10H2,1-4H3,(H,15,16,17). The highest BCUT2D eigenvalue weighted by molar-refractivity contribution is 7.85. The van der Waals surface area contributed by atoms with Crippen molar-refractivity contribution in [1.29, 1.82) is 0 Å². The van der Waals surface area contributed by atoms with Gasteiger partial charge in [0.1, 0.15) is 0 Å². The monoisotopic (exact) mass is 277 g/mol. The van der Waals surface area contributed by atoms with E-state index in [-0.39, 0.29) is 22.6 Å². The quantitative estimate of drug-likeness (QED) is 0.758. The third-order valence-electron chi connectivity index (χ3n) is 4.56. The summed E-state index contributed by atoms with van der Waals surface area (Å²) in [5.41, 5.74) is 0.280. The van der Waals surface area contributed by atoms with E-state index in [1.54, 1.807) is 0 Å². The number of hydrogen-bond donors (Lipinski definition) is 2. The first kappa shape index (κ1) is 15.9. The van der Waals surface area contributed by atoms with Gasteiger partial charge in [0, 0.05) is 5.54 Å².